The number of fused-ring (bicyclic) bond motifs is 1. The lowest BCUT2D eigenvalue weighted by Gasteiger charge is -2.13. The average Bonchev–Trinajstić information content (AvgIpc) is 3.33. The molecule has 162 valence electrons. The second-order valence-corrected chi connectivity index (χ2v) is 11.8. The number of carbonyl (C=O) groups is 1. The number of nitrogens with zero attached hydrogens (tertiary/aromatic N) is 4. The maximum absolute atomic E-state index is 13.3. The van der Waals surface area contributed by atoms with Crippen molar-refractivity contribution in [3.8, 4) is 5.69 Å². The quantitative estimate of drug-likeness (QED) is 0.298. The fraction of sp³-hybridized carbons (Fsp3) is 0.350. The van der Waals surface area contributed by atoms with Crippen molar-refractivity contribution in [2.24, 2.45) is 0 Å². The van der Waals surface area contributed by atoms with Gasteiger partial charge >= 0.3 is 0 Å². The molecule has 7 nitrogen and oxygen atoms in total. The van der Waals surface area contributed by atoms with Crippen LogP contribution >= 0.6 is 46.6 Å². The number of hydrogen-bond acceptors (Lipinski definition) is 9. The summed E-state index contributed by atoms with van der Waals surface area (Å²) in [6.07, 6.45) is 0.756. The molecule has 1 aromatic carbocycles. The zero-order chi connectivity index (χ0) is 22.0. The fourth-order valence-corrected chi connectivity index (χ4v) is 6.64. The maximum atomic E-state index is 13.3. The monoisotopic (exact) mass is 491 g/mol. The number of aromatic nitrogens is 4. The fourth-order valence-electron chi connectivity index (χ4n) is 3.05. The molecule has 1 N–H and O–H groups in total. The van der Waals surface area contributed by atoms with Gasteiger partial charge in [-0.1, -0.05) is 66.4 Å². The third kappa shape index (κ3) is 5.16. The summed E-state index contributed by atoms with van der Waals surface area (Å²) in [7, 11) is 0. The average molecular weight is 492 g/mol. The number of rotatable bonds is 7. The summed E-state index contributed by atoms with van der Waals surface area (Å²) >= 11 is 5.76. The molecular formula is C20H21N5O2S4. The topological polar surface area (TPSA) is 89.8 Å². The van der Waals surface area contributed by atoms with Crippen LogP contribution in [0.1, 0.15) is 25.1 Å². The Morgan fingerprint density at radius 1 is 1.26 bits per heavy atom. The minimum absolute atomic E-state index is 0.0727. The first-order valence-electron chi connectivity index (χ1n) is 9.73. The van der Waals surface area contributed by atoms with Crippen molar-refractivity contribution in [2.45, 2.75) is 46.8 Å². The lowest BCUT2D eigenvalue weighted by atomic mass is 10.2. The Balaban J connectivity index is 1.57. The molecule has 0 fully saturated rings. The van der Waals surface area contributed by atoms with Crippen LogP contribution in [0.15, 0.2) is 43.5 Å². The summed E-state index contributed by atoms with van der Waals surface area (Å²) in [6, 6.07) is 7.75. The van der Waals surface area contributed by atoms with E-state index < -0.39 is 0 Å². The van der Waals surface area contributed by atoms with E-state index in [2.05, 4.69) is 22.4 Å². The SMILES string of the molecule is CCSc1nnc(NC(=O)CSc2nc3c(c(=O)n2-c2ccc(C)cc2)S[C@H](C)C3)s1. The summed E-state index contributed by atoms with van der Waals surface area (Å²) in [5, 5.41) is 12.2. The van der Waals surface area contributed by atoms with Crippen molar-refractivity contribution in [3.05, 3.63) is 45.9 Å². The molecule has 0 bridgehead atoms. The summed E-state index contributed by atoms with van der Waals surface area (Å²) in [5.74, 6) is 0.813. The van der Waals surface area contributed by atoms with E-state index >= 15 is 0 Å². The molecule has 1 atom stereocenters. The second-order valence-electron chi connectivity index (χ2n) is 6.92. The smallest absolute Gasteiger partial charge is 0.272 e. The van der Waals surface area contributed by atoms with E-state index in [1.54, 1.807) is 28.1 Å². The molecule has 31 heavy (non-hydrogen) atoms. The first-order chi connectivity index (χ1) is 14.9. The normalized spacial score (nSPS) is 15.1. The van der Waals surface area contributed by atoms with Crippen LogP contribution in [0.4, 0.5) is 5.13 Å². The summed E-state index contributed by atoms with van der Waals surface area (Å²) in [6.45, 7) is 6.13. The Morgan fingerprint density at radius 2 is 2.03 bits per heavy atom. The van der Waals surface area contributed by atoms with Crippen LogP contribution in [-0.4, -0.2) is 42.4 Å². The molecule has 3 aromatic rings. The van der Waals surface area contributed by atoms with Gasteiger partial charge in [0.2, 0.25) is 11.0 Å². The zero-order valence-electron chi connectivity index (χ0n) is 17.2. The van der Waals surface area contributed by atoms with Crippen molar-refractivity contribution in [3.63, 3.8) is 0 Å². The molecule has 1 aliphatic heterocycles. The highest BCUT2D eigenvalue weighted by atomic mass is 32.2. The van der Waals surface area contributed by atoms with Gasteiger partial charge in [-0.05, 0) is 24.8 Å². The molecule has 4 rings (SSSR count). The largest absolute Gasteiger partial charge is 0.300 e. The van der Waals surface area contributed by atoms with Crippen LogP contribution in [0.3, 0.4) is 0 Å². The van der Waals surface area contributed by atoms with E-state index in [4.69, 9.17) is 4.98 Å². The van der Waals surface area contributed by atoms with Gasteiger partial charge < -0.3 is 0 Å². The highest BCUT2D eigenvalue weighted by Crippen LogP contribution is 2.35. The number of anilines is 1. The van der Waals surface area contributed by atoms with E-state index in [1.165, 1.54) is 23.1 Å². The van der Waals surface area contributed by atoms with Gasteiger partial charge in [0.05, 0.1) is 22.0 Å². The van der Waals surface area contributed by atoms with Gasteiger partial charge in [-0.3, -0.25) is 19.5 Å². The predicted molar refractivity (Wildman–Crippen MR) is 129 cm³/mol. The summed E-state index contributed by atoms with van der Waals surface area (Å²) < 4.78 is 2.44. The number of aryl methyl sites for hydroxylation is 1. The van der Waals surface area contributed by atoms with E-state index in [1.807, 2.05) is 38.1 Å². The lowest BCUT2D eigenvalue weighted by Crippen LogP contribution is -2.24. The maximum Gasteiger partial charge on any atom is 0.272 e. The minimum Gasteiger partial charge on any atom is -0.300 e. The molecule has 0 spiro atoms. The molecule has 1 amide bonds. The third-order valence-corrected chi connectivity index (χ3v) is 8.43. The number of benzene rings is 1. The van der Waals surface area contributed by atoms with Crippen LogP contribution in [0.25, 0.3) is 5.69 Å². The van der Waals surface area contributed by atoms with Crippen LogP contribution in [-0.2, 0) is 11.2 Å². The summed E-state index contributed by atoms with van der Waals surface area (Å²) in [5.41, 5.74) is 2.61. The highest BCUT2D eigenvalue weighted by molar-refractivity contribution is 8.01. The van der Waals surface area contributed by atoms with E-state index in [0.29, 0.717) is 20.4 Å². The molecule has 0 radical (unpaired) electrons. The third-order valence-electron chi connectivity index (χ3n) is 4.43. The standard InChI is InChI=1S/C20H21N5O2S4/c1-4-28-20-24-23-18(31-20)22-15(26)10-29-19-21-14-9-12(3)30-16(14)17(27)25(19)13-7-5-11(2)6-8-13/h5-8,12H,4,9-10H2,1-3H3,(H,22,23,26)/t12-/m1/s1. The number of amides is 1. The predicted octanol–water partition coefficient (Wildman–Crippen LogP) is 4.27. The highest BCUT2D eigenvalue weighted by Gasteiger charge is 2.27. The molecule has 2 aromatic heterocycles. The second kappa shape index (κ2) is 9.76. The van der Waals surface area contributed by atoms with Crippen LogP contribution < -0.4 is 10.9 Å². The lowest BCUT2D eigenvalue weighted by molar-refractivity contribution is -0.113. The molecule has 0 aliphatic carbocycles. The Labute approximate surface area is 196 Å². The molecular weight excluding hydrogens is 471 g/mol. The molecule has 3 heterocycles. The van der Waals surface area contributed by atoms with E-state index in [-0.39, 0.29) is 17.2 Å². The molecule has 1 aliphatic rings. The van der Waals surface area contributed by atoms with Gasteiger partial charge in [-0.15, -0.1) is 22.0 Å². The number of carbonyl (C=O) groups excluding carboxylic acids is 1. The van der Waals surface area contributed by atoms with Crippen molar-refractivity contribution in [1.29, 1.82) is 0 Å². The number of thioether (sulfide) groups is 3. The Morgan fingerprint density at radius 3 is 2.77 bits per heavy atom. The van der Waals surface area contributed by atoms with Gasteiger partial charge in [0, 0.05) is 11.7 Å². The van der Waals surface area contributed by atoms with Crippen LogP contribution in [0.5, 0.6) is 0 Å². The first-order valence-corrected chi connectivity index (χ1v) is 13.4. The zero-order valence-corrected chi connectivity index (χ0v) is 20.5. The minimum atomic E-state index is -0.206. The van der Waals surface area contributed by atoms with Gasteiger partial charge in [0.1, 0.15) is 0 Å². The summed E-state index contributed by atoms with van der Waals surface area (Å²) in [4.78, 5) is 31.3. The first kappa shape index (κ1) is 22.4. The van der Waals surface area contributed by atoms with Crippen LogP contribution in [0.2, 0.25) is 0 Å². The molecule has 0 saturated heterocycles. The van der Waals surface area contributed by atoms with Gasteiger partial charge in [-0.2, -0.15) is 0 Å². The van der Waals surface area contributed by atoms with Crippen molar-refractivity contribution in [2.75, 3.05) is 16.8 Å². The number of hydrogen-bond donors (Lipinski definition) is 1. The van der Waals surface area contributed by atoms with E-state index in [9.17, 15) is 9.59 Å². The molecule has 0 unspecified atom stereocenters. The van der Waals surface area contributed by atoms with Crippen LogP contribution in [0, 0.1) is 6.92 Å². The van der Waals surface area contributed by atoms with E-state index in [0.717, 1.165) is 33.5 Å². The van der Waals surface area contributed by atoms with Gasteiger partial charge in [0.15, 0.2) is 9.50 Å². The Hall–Kier alpha value is -1.82. The Bertz CT molecular complexity index is 1160. The molecule has 11 heteroatoms. The van der Waals surface area contributed by atoms with Gasteiger partial charge in [-0.25, -0.2) is 4.98 Å². The van der Waals surface area contributed by atoms with Gasteiger partial charge in [0.25, 0.3) is 5.56 Å². The van der Waals surface area contributed by atoms with Crippen molar-refractivity contribution >= 4 is 57.7 Å². The van der Waals surface area contributed by atoms with Crippen molar-refractivity contribution in [1.82, 2.24) is 19.7 Å². The Kier molecular flexibility index (Phi) is 7.05. The number of nitrogens with one attached hydrogen (secondary N) is 1. The van der Waals surface area contributed by atoms with Crippen molar-refractivity contribution < 1.29 is 4.79 Å². The molecule has 0 saturated carbocycles.